The van der Waals surface area contributed by atoms with E-state index in [1.165, 1.54) is 205 Å². The van der Waals surface area contributed by atoms with E-state index in [4.69, 9.17) is 9.05 Å². The Hall–Kier alpha value is -0.500. The maximum absolute atomic E-state index is 12.9. The molecule has 0 aromatic carbocycles. The summed E-state index contributed by atoms with van der Waals surface area (Å²) in [7, 11) is 1.32. The van der Waals surface area contributed by atoms with Gasteiger partial charge in [0.1, 0.15) is 13.2 Å². The lowest BCUT2D eigenvalue weighted by Crippen LogP contribution is -2.46. The largest absolute Gasteiger partial charge is 0.756 e. The molecular formula is C51H105N2O6P. The van der Waals surface area contributed by atoms with Crippen LogP contribution in [-0.4, -0.2) is 68.5 Å². The molecule has 0 aromatic rings. The average molecular weight is 873 g/mol. The average Bonchev–Trinajstić information content (AvgIpc) is 3.20. The quantitative estimate of drug-likeness (QED) is 0.0358. The topological polar surface area (TPSA) is 108 Å². The Morgan fingerprint density at radius 3 is 1.13 bits per heavy atom. The summed E-state index contributed by atoms with van der Waals surface area (Å²) < 4.78 is 23.4. The monoisotopic (exact) mass is 873 g/mol. The Bertz CT molecular complexity index is 947. The number of unbranched alkanes of at least 4 members (excludes halogenated alkanes) is 36. The number of hydrogen-bond donors (Lipinski definition) is 2. The van der Waals surface area contributed by atoms with E-state index in [0.717, 1.165) is 38.5 Å². The number of amides is 1. The third kappa shape index (κ3) is 45.5. The van der Waals surface area contributed by atoms with E-state index in [0.29, 0.717) is 23.9 Å². The molecule has 0 aromatic heterocycles. The number of likely N-dealkylation sites (N-methyl/N-ethyl adjacent to an activating group) is 1. The number of aliphatic hydroxyl groups excluding tert-OH is 1. The van der Waals surface area contributed by atoms with E-state index in [2.05, 4.69) is 19.2 Å². The smallest absolute Gasteiger partial charge is 0.268 e. The van der Waals surface area contributed by atoms with Gasteiger partial charge in [0.05, 0.1) is 39.9 Å². The predicted octanol–water partition coefficient (Wildman–Crippen LogP) is 14.7. The van der Waals surface area contributed by atoms with Crippen molar-refractivity contribution in [2.45, 2.75) is 283 Å². The molecule has 3 unspecified atom stereocenters. The van der Waals surface area contributed by atoms with E-state index in [1.54, 1.807) is 0 Å². The van der Waals surface area contributed by atoms with Crippen molar-refractivity contribution in [1.29, 1.82) is 0 Å². The van der Waals surface area contributed by atoms with Crippen LogP contribution in [-0.2, 0) is 18.4 Å². The van der Waals surface area contributed by atoms with Gasteiger partial charge in [0.25, 0.3) is 7.82 Å². The second kappa shape index (κ2) is 43.7. The third-order valence-corrected chi connectivity index (χ3v) is 13.3. The lowest BCUT2D eigenvalue weighted by Gasteiger charge is -2.30. The fourth-order valence-electron chi connectivity index (χ4n) is 8.16. The van der Waals surface area contributed by atoms with Crippen LogP contribution in [0.5, 0.6) is 0 Å². The van der Waals surface area contributed by atoms with Crippen LogP contribution in [0.15, 0.2) is 0 Å². The second-order valence-electron chi connectivity index (χ2n) is 19.6. The Labute approximate surface area is 374 Å². The van der Waals surface area contributed by atoms with Crippen molar-refractivity contribution in [3.05, 3.63) is 0 Å². The minimum Gasteiger partial charge on any atom is -0.756 e. The van der Waals surface area contributed by atoms with Gasteiger partial charge in [0.15, 0.2) is 0 Å². The maximum atomic E-state index is 12.9. The SMILES string of the molecule is CCCCCCCCCCCCCCCCCCCCCCCCCC(=O)NC(COP(=O)([O-])OCC[N+](C)(C)C)C(O)CCCCCCCCCCCCCCCCC. The number of carbonyl (C=O) groups is 1. The molecule has 2 N–H and O–H groups in total. The molecule has 360 valence electrons. The molecule has 9 heteroatoms. The summed E-state index contributed by atoms with van der Waals surface area (Å²) in [6.07, 6.45) is 49.7. The van der Waals surface area contributed by atoms with Crippen LogP contribution in [0.25, 0.3) is 0 Å². The lowest BCUT2D eigenvalue weighted by molar-refractivity contribution is -0.870. The van der Waals surface area contributed by atoms with Gasteiger partial charge in [-0.25, -0.2) is 0 Å². The standard InChI is InChI=1S/C51H105N2O6P/c1-6-8-10-12-14-16-18-20-22-23-24-25-26-27-28-29-31-33-35-37-39-41-43-45-51(55)52-49(48-59-60(56,57)58-47-46-53(3,4)5)50(54)44-42-40-38-36-34-32-30-21-19-17-15-13-11-9-7-2/h49-50,54H,6-48H2,1-5H3,(H-,52,55,56,57). The number of carbonyl (C=O) groups excluding carboxylic acids is 1. The van der Waals surface area contributed by atoms with Gasteiger partial charge in [0, 0.05) is 6.42 Å². The van der Waals surface area contributed by atoms with Gasteiger partial charge in [-0.2, -0.15) is 0 Å². The lowest BCUT2D eigenvalue weighted by atomic mass is 10.0. The van der Waals surface area contributed by atoms with E-state index < -0.39 is 20.0 Å². The highest BCUT2D eigenvalue weighted by molar-refractivity contribution is 7.45. The summed E-state index contributed by atoms with van der Waals surface area (Å²) in [5, 5.41) is 14.0. The first-order valence-electron chi connectivity index (χ1n) is 26.4. The number of quaternary nitrogens is 1. The molecule has 1 amide bonds. The van der Waals surface area contributed by atoms with Gasteiger partial charge in [-0.15, -0.1) is 0 Å². The molecule has 0 bridgehead atoms. The van der Waals surface area contributed by atoms with Crippen molar-refractivity contribution in [2.75, 3.05) is 40.9 Å². The second-order valence-corrected chi connectivity index (χ2v) is 21.0. The molecule has 0 radical (unpaired) electrons. The van der Waals surface area contributed by atoms with Gasteiger partial charge in [-0.05, 0) is 12.8 Å². The van der Waals surface area contributed by atoms with Crippen LogP contribution in [0.1, 0.15) is 271 Å². The number of hydrogen-bond acceptors (Lipinski definition) is 6. The van der Waals surface area contributed by atoms with E-state index in [1.807, 2.05) is 21.1 Å². The van der Waals surface area contributed by atoms with Crippen molar-refractivity contribution in [2.24, 2.45) is 0 Å². The summed E-state index contributed by atoms with van der Waals surface area (Å²) in [5.41, 5.74) is 0. The highest BCUT2D eigenvalue weighted by Gasteiger charge is 2.24. The number of nitrogens with zero attached hydrogens (tertiary/aromatic N) is 1. The van der Waals surface area contributed by atoms with Crippen molar-refractivity contribution in [3.63, 3.8) is 0 Å². The Morgan fingerprint density at radius 2 is 0.817 bits per heavy atom. The van der Waals surface area contributed by atoms with Gasteiger partial charge in [0.2, 0.25) is 5.91 Å². The Kier molecular flexibility index (Phi) is 43.4. The normalized spacial score (nSPS) is 14.1. The van der Waals surface area contributed by atoms with Crippen molar-refractivity contribution >= 4 is 13.7 Å². The molecule has 60 heavy (non-hydrogen) atoms. The van der Waals surface area contributed by atoms with Gasteiger partial charge in [-0.1, -0.05) is 251 Å². The summed E-state index contributed by atoms with van der Waals surface area (Å²) in [4.78, 5) is 25.4. The molecule has 0 aliphatic heterocycles. The van der Waals surface area contributed by atoms with Crippen LogP contribution >= 0.6 is 7.82 Å². The number of rotatable bonds is 49. The van der Waals surface area contributed by atoms with Crippen LogP contribution in [0.3, 0.4) is 0 Å². The summed E-state index contributed by atoms with van der Waals surface area (Å²) in [6, 6.07) is -0.794. The van der Waals surface area contributed by atoms with E-state index >= 15 is 0 Å². The molecule has 0 fully saturated rings. The van der Waals surface area contributed by atoms with Gasteiger partial charge in [-0.3, -0.25) is 9.36 Å². The zero-order valence-corrected chi connectivity index (χ0v) is 41.8. The Balaban J connectivity index is 4.15. The van der Waals surface area contributed by atoms with E-state index in [9.17, 15) is 19.4 Å². The van der Waals surface area contributed by atoms with Crippen LogP contribution in [0, 0.1) is 0 Å². The first-order chi connectivity index (χ1) is 29.0. The molecule has 0 aliphatic rings. The minimum atomic E-state index is -4.56. The molecule has 0 saturated carbocycles. The number of nitrogens with one attached hydrogen (secondary N) is 1. The van der Waals surface area contributed by atoms with Crippen molar-refractivity contribution < 1.29 is 32.9 Å². The third-order valence-electron chi connectivity index (χ3n) is 12.3. The van der Waals surface area contributed by atoms with Crippen molar-refractivity contribution in [3.8, 4) is 0 Å². The number of phosphoric ester groups is 1. The molecular weight excluding hydrogens is 768 g/mol. The first kappa shape index (κ1) is 59.5. The van der Waals surface area contributed by atoms with Gasteiger partial charge < -0.3 is 28.8 Å². The molecule has 0 spiro atoms. The number of phosphoric acid groups is 1. The maximum Gasteiger partial charge on any atom is 0.268 e. The van der Waals surface area contributed by atoms with Crippen LogP contribution in [0.2, 0.25) is 0 Å². The predicted molar refractivity (Wildman–Crippen MR) is 256 cm³/mol. The van der Waals surface area contributed by atoms with E-state index in [-0.39, 0.29) is 19.1 Å². The minimum absolute atomic E-state index is 0.0164. The summed E-state index contributed by atoms with van der Waals surface area (Å²) >= 11 is 0. The summed E-state index contributed by atoms with van der Waals surface area (Å²) in [6.45, 7) is 4.76. The van der Waals surface area contributed by atoms with Gasteiger partial charge >= 0.3 is 0 Å². The fourth-order valence-corrected chi connectivity index (χ4v) is 8.88. The zero-order chi connectivity index (χ0) is 44.3. The fraction of sp³-hybridized carbons (Fsp3) is 0.980. The Morgan fingerprint density at radius 1 is 0.517 bits per heavy atom. The molecule has 0 saturated heterocycles. The molecule has 0 aliphatic carbocycles. The first-order valence-corrected chi connectivity index (χ1v) is 27.8. The highest BCUT2D eigenvalue weighted by Crippen LogP contribution is 2.38. The van der Waals surface area contributed by atoms with Crippen molar-refractivity contribution in [1.82, 2.24) is 5.32 Å². The molecule has 0 rings (SSSR count). The summed E-state index contributed by atoms with van der Waals surface area (Å²) in [5.74, 6) is -0.158. The molecule has 3 atom stereocenters. The number of aliphatic hydroxyl groups is 1. The molecule has 8 nitrogen and oxygen atoms in total. The molecule has 0 heterocycles. The van der Waals surface area contributed by atoms with Crippen LogP contribution in [0.4, 0.5) is 0 Å². The van der Waals surface area contributed by atoms with Crippen LogP contribution < -0.4 is 10.2 Å². The zero-order valence-electron chi connectivity index (χ0n) is 40.9. The highest BCUT2D eigenvalue weighted by atomic mass is 31.2.